The molecule has 1 fully saturated rings. The molecule has 0 atom stereocenters. The van der Waals surface area contributed by atoms with Gasteiger partial charge in [-0.3, -0.25) is 19.3 Å². The van der Waals surface area contributed by atoms with Crippen molar-refractivity contribution in [1.29, 1.82) is 0 Å². The van der Waals surface area contributed by atoms with Crippen molar-refractivity contribution in [1.82, 2.24) is 15.5 Å². The molecule has 1 saturated heterocycles. The highest BCUT2D eigenvalue weighted by molar-refractivity contribution is 6.17. The Hall–Kier alpha value is -5.72. The zero-order valence-corrected chi connectivity index (χ0v) is 78.4. The molecule has 0 saturated carbocycles. The first-order valence-electron chi connectivity index (χ1n) is 46.3. The Morgan fingerprint density at radius 3 is 0.869 bits per heavy atom. The lowest BCUT2D eigenvalue weighted by Crippen LogP contribution is -2.46. The molecule has 39 heteroatoms. The molecule has 0 bridgehead atoms. The Balaban J connectivity index is 0.707. The second-order valence-corrected chi connectivity index (χ2v) is 29.0. The van der Waals surface area contributed by atoms with Crippen molar-refractivity contribution in [2.24, 2.45) is 10.2 Å². The van der Waals surface area contributed by atoms with Gasteiger partial charge in [0, 0.05) is 82.5 Å². The van der Waals surface area contributed by atoms with Crippen LogP contribution >= 0.6 is 11.6 Å². The van der Waals surface area contributed by atoms with Gasteiger partial charge in [0.05, 0.1) is 368 Å². The van der Waals surface area contributed by atoms with Gasteiger partial charge in [0.15, 0.2) is 0 Å². The molecule has 130 heavy (non-hydrogen) atoms. The maximum Gasteiger partial charge on any atom is 0.226 e. The molecule has 1 aliphatic heterocycles. The molecule has 0 unspecified atom stereocenters. The third-order valence-corrected chi connectivity index (χ3v) is 18.6. The molecular formula is C91H157ClN8O30. The van der Waals surface area contributed by atoms with Crippen LogP contribution in [0.15, 0.2) is 83.0 Å². The first-order chi connectivity index (χ1) is 64.4. The molecule has 1 aliphatic rings. The van der Waals surface area contributed by atoms with Gasteiger partial charge in [0.2, 0.25) is 17.7 Å². The van der Waals surface area contributed by atoms with E-state index < -0.39 is 0 Å². The van der Waals surface area contributed by atoms with Crippen LogP contribution in [0.4, 0.5) is 28.4 Å². The average molecular weight is 1880 g/mol. The van der Waals surface area contributed by atoms with Gasteiger partial charge in [-0.25, -0.2) is 0 Å². The first-order valence-corrected chi connectivity index (χ1v) is 46.8. The van der Waals surface area contributed by atoms with E-state index in [1.807, 2.05) is 48.5 Å². The van der Waals surface area contributed by atoms with E-state index in [1.165, 1.54) is 5.69 Å². The molecule has 0 aliphatic carbocycles. The number of azo groups is 1. The van der Waals surface area contributed by atoms with E-state index in [1.54, 1.807) is 19.2 Å². The standard InChI is InChI=1S/C91H157ClN8O30/c1-104-88-10-5-4-9-87(88)100-29-27-99(28-30-100)26-8-23-93-83-11-15-85(16-12-83)97-98-86-17-13-84(14-18-86)96-91(103)21-32-106-36-39-109-41-43-111-45-47-113-49-51-115-53-55-117-57-59-119-61-63-121-65-67-123-69-71-125-73-75-127-77-79-129-81-82-130-80-78-128-76-74-126-72-70-124-68-66-122-64-62-120-60-58-118-56-54-116-52-50-114-48-46-112-44-42-110-40-38-108-34-25-95-90(102)20-19-89(101)94-24-33-107-37-35-105-31-7-3-2-6-22-92/h4-5,9-18,93H,2-3,6-8,19-82H2,1H3,(H,94,101)(H,95,102)(H,96,103). The Labute approximate surface area is 776 Å². The van der Waals surface area contributed by atoms with Crippen LogP contribution in [-0.4, -0.2) is 432 Å². The molecule has 0 spiro atoms. The molecule has 3 amide bonds. The fraction of sp³-hybridized carbons (Fsp3) is 0.769. The van der Waals surface area contributed by atoms with Gasteiger partial charge in [-0.05, 0) is 86.5 Å². The SMILES string of the molecule is COc1ccccc1N1CCN(CCCNc2ccc(N=Nc3ccc(NC(=O)CCOCCOCCOCCOCCOCCOCCOCCOCCOCCOCCOCCOCCOCCOCCOCCOCCOCCOCCOCCOCCOCCOCCOCCOCCNC(=O)CCC(=O)NCCOCCOCCCCCCCl)cc3)cc2)CC1. The molecule has 4 N–H and O–H groups in total. The lowest BCUT2D eigenvalue weighted by Gasteiger charge is -2.36. The van der Waals surface area contributed by atoms with E-state index >= 15 is 0 Å². The predicted octanol–water partition coefficient (Wildman–Crippen LogP) is 7.31. The van der Waals surface area contributed by atoms with E-state index in [9.17, 15) is 14.4 Å². The second kappa shape index (κ2) is 92.4. The van der Waals surface area contributed by atoms with Crippen LogP contribution in [0.1, 0.15) is 51.4 Å². The summed E-state index contributed by atoms with van der Waals surface area (Å²) in [4.78, 5) is 41.4. The van der Waals surface area contributed by atoms with Crippen LogP contribution < -0.4 is 30.9 Å². The minimum absolute atomic E-state index is 0.104. The number of nitrogens with one attached hydrogen (secondary N) is 4. The highest BCUT2D eigenvalue weighted by Gasteiger charge is 2.20. The molecule has 3 aromatic carbocycles. The Morgan fingerprint density at radius 1 is 0.285 bits per heavy atom. The Morgan fingerprint density at radius 2 is 0.562 bits per heavy atom. The summed E-state index contributed by atoms with van der Waals surface area (Å²) < 4.78 is 150. The van der Waals surface area contributed by atoms with Crippen molar-refractivity contribution in [2.75, 3.05) is 424 Å². The minimum atomic E-state index is -0.207. The van der Waals surface area contributed by atoms with Gasteiger partial charge < -0.3 is 154 Å². The summed E-state index contributed by atoms with van der Waals surface area (Å²) in [5.41, 5.74) is 4.32. The normalized spacial score (nSPS) is 12.5. The fourth-order valence-electron chi connectivity index (χ4n) is 11.5. The van der Waals surface area contributed by atoms with Gasteiger partial charge >= 0.3 is 0 Å². The summed E-state index contributed by atoms with van der Waals surface area (Å²) in [5, 5.41) is 20.6. The van der Waals surface area contributed by atoms with Gasteiger partial charge in [0.1, 0.15) is 5.75 Å². The third-order valence-electron chi connectivity index (χ3n) is 18.4. The average Bonchev–Trinajstić information content (AvgIpc) is 0.926. The number of piperazine rings is 1. The number of unbranched alkanes of at least 4 members (excludes halogenated alkanes) is 3. The van der Waals surface area contributed by atoms with Crippen molar-refractivity contribution >= 4 is 57.8 Å². The largest absolute Gasteiger partial charge is 0.495 e. The first kappa shape index (κ1) is 117. The van der Waals surface area contributed by atoms with Gasteiger partial charge in [-0.15, -0.1) is 11.6 Å². The topological polar surface area (TPSA) is 380 Å². The summed E-state index contributed by atoms with van der Waals surface area (Å²) in [7, 11) is 1.73. The van der Waals surface area contributed by atoms with Gasteiger partial charge in [-0.1, -0.05) is 25.0 Å². The van der Waals surface area contributed by atoms with E-state index in [2.05, 4.69) is 53.4 Å². The number of ether oxygens (including phenoxy) is 27. The monoisotopic (exact) mass is 1880 g/mol. The number of rotatable bonds is 100. The number of nitrogens with zero attached hydrogens (tertiary/aromatic N) is 4. The number of alkyl halides is 1. The third kappa shape index (κ3) is 75.6. The maximum atomic E-state index is 12.5. The number of hydrogen-bond acceptors (Lipinski definition) is 35. The smallest absolute Gasteiger partial charge is 0.226 e. The van der Waals surface area contributed by atoms with Crippen molar-refractivity contribution in [2.45, 2.75) is 51.4 Å². The molecule has 748 valence electrons. The van der Waals surface area contributed by atoms with Gasteiger partial charge in [-0.2, -0.15) is 10.2 Å². The van der Waals surface area contributed by atoms with Crippen molar-refractivity contribution < 1.29 is 142 Å². The fourth-order valence-corrected chi connectivity index (χ4v) is 11.7. The van der Waals surface area contributed by atoms with Crippen LogP contribution in [0.5, 0.6) is 5.75 Å². The van der Waals surface area contributed by atoms with Crippen LogP contribution in [0.25, 0.3) is 0 Å². The molecule has 1 heterocycles. The van der Waals surface area contributed by atoms with E-state index in [-0.39, 0.29) is 43.6 Å². The number of amides is 3. The van der Waals surface area contributed by atoms with E-state index in [0.29, 0.717) is 367 Å². The van der Waals surface area contributed by atoms with Crippen molar-refractivity contribution in [3.63, 3.8) is 0 Å². The highest BCUT2D eigenvalue weighted by atomic mass is 35.5. The lowest BCUT2D eigenvalue weighted by molar-refractivity contribution is -0.126. The molecule has 38 nitrogen and oxygen atoms in total. The number of anilines is 3. The molecule has 0 radical (unpaired) electrons. The summed E-state index contributed by atoms with van der Waals surface area (Å²) in [5.74, 6) is 1.09. The number of hydrogen-bond donors (Lipinski definition) is 4. The molecular weight excluding hydrogens is 1720 g/mol. The van der Waals surface area contributed by atoms with E-state index in [4.69, 9.17) is 139 Å². The summed E-state index contributed by atoms with van der Waals surface area (Å²) in [6, 6.07) is 23.4. The number of carbonyl (C=O) groups is 3. The Kier molecular flexibility index (Phi) is 82.8. The maximum absolute atomic E-state index is 12.5. The lowest BCUT2D eigenvalue weighted by atomic mass is 10.2. The summed E-state index contributed by atoms with van der Waals surface area (Å²) in [6.45, 7) is 30.4. The summed E-state index contributed by atoms with van der Waals surface area (Å²) >= 11 is 5.67. The highest BCUT2D eigenvalue weighted by Crippen LogP contribution is 2.29. The predicted molar refractivity (Wildman–Crippen MR) is 491 cm³/mol. The van der Waals surface area contributed by atoms with Gasteiger partial charge in [0.25, 0.3) is 0 Å². The van der Waals surface area contributed by atoms with Crippen molar-refractivity contribution in [3.05, 3.63) is 72.8 Å². The molecule has 4 rings (SSSR count). The number of halogens is 1. The number of carbonyl (C=O) groups excluding carboxylic acids is 3. The number of benzene rings is 3. The minimum Gasteiger partial charge on any atom is -0.495 e. The van der Waals surface area contributed by atoms with Crippen LogP contribution in [0.3, 0.4) is 0 Å². The Bertz CT molecular complexity index is 3000. The van der Waals surface area contributed by atoms with Crippen LogP contribution in [-0.2, 0) is 138 Å². The zero-order valence-electron chi connectivity index (χ0n) is 77.6. The van der Waals surface area contributed by atoms with Crippen LogP contribution in [0, 0.1) is 0 Å². The molecule has 0 aromatic heterocycles. The zero-order chi connectivity index (χ0) is 92.0. The van der Waals surface area contributed by atoms with Crippen molar-refractivity contribution in [3.8, 4) is 5.75 Å². The number of methoxy groups -OCH3 is 1. The quantitative estimate of drug-likeness (QED) is 0.0244. The number of para-hydroxylation sites is 2. The second-order valence-electron chi connectivity index (χ2n) is 28.6. The molecule has 3 aromatic rings. The summed E-state index contributed by atoms with van der Waals surface area (Å²) in [6.07, 6.45) is 5.78. The van der Waals surface area contributed by atoms with E-state index in [0.717, 1.165) is 88.5 Å². The van der Waals surface area contributed by atoms with Crippen LogP contribution in [0.2, 0.25) is 0 Å².